The minimum absolute atomic E-state index is 0.202. The van der Waals surface area contributed by atoms with Crippen LogP contribution >= 0.6 is 23.2 Å². The van der Waals surface area contributed by atoms with Gasteiger partial charge in [-0.05, 0) is 48.9 Å². The van der Waals surface area contributed by atoms with Crippen LogP contribution in [0.4, 0.5) is 10.5 Å². The molecule has 2 aromatic carbocycles. The number of rotatable bonds is 6. The quantitative estimate of drug-likeness (QED) is 0.711. The molecule has 0 heterocycles. The van der Waals surface area contributed by atoms with Crippen LogP contribution in [0.2, 0.25) is 10.0 Å². The fourth-order valence-corrected chi connectivity index (χ4v) is 2.66. The van der Waals surface area contributed by atoms with Gasteiger partial charge in [0.15, 0.2) is 6.61 Å². The van der Waals surface area contributed by atoms with Gasteiger partial charge in [-0.1, -0.05) is 29.3 Å². The molecule has 2 rings (SSSR count). The number of amides is 3. The van der Waals surface area contributed by atoms with E-state index in [1.807, 2.05) is 6.92 Å². The van der Waals surface area contributed by atoms with E-state index >= 15 is 0 Å². The Hall–Kier alpha value is -2.44. The number of benzene rings is 2. The van der Waals surface area contributed by atoms with Crippen LogP contribution in [-0.4, -0.2) is 18.5 Å². The van der Waals surface area contributed by atoms with Crippen molar-refractivity contribution in [1.29, 1.82) is 0 Å². The van der Waals surface area contributed by atoms with Gasteiger partial charge in [0, 0.05) is 15.7 Å². The molecule has 25 heavy (non-hydrogen) atoms. The van der Waals surface area contributed by atoms with E-state index in [2.05, 4.69) is 10.6 Å². The van der Waals surface area contributed by atoms with Crippen LogP contribution in [-0.2, 0) is 4.79 Å². The summed E-state index contributed by atoms with van der Waals surface area (Å²) in [5.41, 5.74) is 6.33. The summed E-state index contributed by atoms with van der Waals surface area (Å²) >= 11 is 12.0. The van der Waals surface area contributed by atoms with Crippen LogP contribution in [0.5, 0.6) is 5.75 Å². The van der Waals surface area contributed by atoms with E-state index in [1.165, 1.54) is 0 Å². The molecule has 1 atom stereocenters. The zero-order valence-corrected chi connectivity index (χ0v) is 14.9. The van der Waals surface area contributed by atoms with Gasteiger partial charge in [0.1, 0.15) is 5.75 Å². The van der Waals surface area contributed by atoms with Crippen LogP contribution < -0.4 is 21.1 Å². The van der Waals surface area contributed by atoms with Gasteiger partial charge in [0.05, 0.1) is 6.04 Å². The molecule has 0 aliphatic carbocycles. The Morgan fingerprint density at radius 2 is 1.84 bits per heavy atom. The van der Waals surface area contributed by atoms with Gasteiger partial charge in [-0.3, -0.25) is 4.79 Å². The molecule has 0 bridgehead atoms. The second kappa shape index (κ2) is 8.60. The average Bonchev–Trinajstić information content (AvgIpc) is 2.53. The summed E-state index contributed by atoms with van der Waals surface area (Å²) in [6, 6.07) is 11.0. The van der Waals surface area contributed by atoms with Crippen LogP contribution in [0.1, 0.15) is 18.5 Å². The summed E-state index contributed by atoms with van der Waals surface area (Å²) in [4.78, 5) is 22.8. The second-order valence-corrected chi connectivity index (χ2v) is 6.11. The van der Waals surface area contributed by atoms with Gasteiger partial charge in [0.25, 0.3) is 5.91 Å². The summed E-state index contributed by atoms with van der Waals surface area (Å²) < 4.78 is 5.14. The Morgan fingerprint density at radius 1 is 1.16 bits per heavy atom. The lowest BCUT2D eigenvalue weighted by Gasteiger charge is -2.16. The Labute approximate surface area is 155 Å². The van der Waals surface area contributed by atoms with Crippen molar-refractivity contribution in [3.8, 4) is 5.75 Å². The first-order valence-corrected chi connectivity index (χ1v) is 8.14. The SMILES string of the molecule is CC(NC(=O)Nc1ccc(OCC(N)=O)cc1)c1ccc(Cl)cc1Cl. The van der Waals surface area contributed by atoms with Crippen molar-refractivity contribution >= 4 is 40.8 Å². The molecular formula is C17H17Cl2N3O3. The first-order chi connectivity index (χ1) is 11.8. The highest BCUT2D eigenvalue weighted by Crippen LogP contribution is 2.26. The lowest BCUT2D eigenvalue weighted by molar-refractivity contribution is -0.119. The molecule has 0 saturated carbocycles. The molecule has 0 fully saturated rings. The van der Waals surface area contributed by atoms with Crippen molar-refractivity contribution in [3.05, 3.63) is 58.1 Å². The predicted molar refractivity (Wildman–Crippen MR) is 98.2 cm³/mol. The number of urea groups is 1. The van der Waals surface area contributed by atoms with Crippen LogP contribution in [0.15, 0.2) is 42.5 Å². The molecule has 0 spiro atoms. The zero-order chi connectivity index (χ0) is 18.4. The molecule has 1 unspecified atom stereocenters. The molecule has 0 aromatic heterocycles. The third kappa shape index (κ3) is 5.85. The zero-order valence-electron chi connectivity index (χ0n) is 13.4. The predicted octanol–water partition coefficient (Wildman–Crippen LogP) is 3.74. The van der Waals surface area contributed by atoms with Gasteiger partial charge in [0.2, 0.25) is 0 Å². The lowest BCUT2D eigenvalue weighted by Crippen LogP contribution is -2.31. The molecule has 4 N–H and O–H groups in total. The van der Waals surface area contributed by atoms with E-state index < -0.39 is 5.91 Å². The highest BCUT2D eigenvalue weighted by molar-refractivity contribution is 6.35. The lowest BCUT2D eigenvalue weighted by atomic mass is 10.1. The Balaban J connectivity index is 1.92. The number of ether oxygens (including phenoxy) is 1. The van der Waals surface area contributed by atoms with E-state index in [4.69, 9.17) is 33.7 Å². The Kier molecular flexibility index (Phi) is 6.50. The van der Waals surface area contributed by atoms with Gasteiger partial charge in [-0.2, -0.15) is 0 Å². The number of carbonyl (C=O) groups excluding carboxylic acids is 2. The van der Waals surface area contributed by atoms with Crippen molar-refractivity contribution in [3.63, 3.8) is 0 Å². The third-order valence-electron chi connectivity index (χ3n) is 3.27. The second-order valence-electron chi connectivity index (χ2n) is 5.27. The molecule has 8 heteroatoms. The van der Waals surface area contributed by atoms with Gasteiger partial charge >= 0.3 is 6.03 Å². The number of primary amides is 1. The molecule has 0 aliphatic heterocycles. The number of anilines is 1. The number of nitrogens with two attached hydrogens (primary N) is 1. The molecular weight excluding hydrogens is 365 g/mol. The van der Waals surface area contributed by atoms with E-state index in [-0.39, 0.29) is 18.7 Å². The summed E-state index contributed by atoms with van der Waals surface area (Å²) in [5.74, 6) is -0.0810. The fraction of sp³-hybridized carbons (Fsp3) is 0.176. The summed E-state index contributed by atoms with van der Waals surface area (Å²) in [6.45, 7) is 1.61. The van der Waals surface area contributed by atoms with Crippen LogP contribution in [0.3, 0.4) is 0 Å². The highest BCUT2D eigenvalue weighted by Gasteiger charge is 2.13. The normalized spacial score (nSPS) is 11.5. The minimum atomic E-state index is -0.559. The van der Waals surface area contributed by atoms with Gasteiger partial charge < -0.3 is 21.1 Å². The summed E-state index contributed by atoms with van der Waals surface area (Å²) in [6.07, 6.45) is 0. The fourth-order valence-electron chi connectivity index (χ4n) is 2.08. The molecule has 6 nitrogen and oxygen atoms in total. The van der Waals surface area contributed by atoms with Crippen LogP contribution in [0, 0.1) is 0 Å². The maximum absolute atomic E-state index is 12.1. The number of halogens is 2. The standard InChI is InChI=1S/C17H17Cl2N3O3/c1-10(14-7-2-11(18)8-15(14)19)21-17(24)22-12-3-5-13(6-4-12)25-9-16(20)23/h2-8,10H,9H2,1H3,(H2,20,23)(H2,21,22,24). The van der Waals surface area contributed by atoms with Gasteiger partial charge in [-0.15, -0.1) is 0 Å². The maximum Gasteiger partial charge on any atom is 0.319 e. The third-order valence-corrected chi connectivity index (χ3v) is 3.83. The molecule has 3 amide bonds. The summed E-state index contributed by atoms with van der Waals surface area (Å²) in [7, 11) is 0. The number of nitrogens with one attached hydrogen (secondary N) is 2. The number of carbonyl (C=O) groups is 2. The Bertz CT molecular complexity index is 766. The molecule has 0 aliphatic rings. The first kappa shape index (κ1) is 18.9. The first-order valence-electron chi connectivity index (χ1n) is 7.39. The topological polar surface area (TPSA) is 93.4 Å². The highest BCUT2D eigenvalue weighted by atomic mass is 35.5. The smallest absolute Gasteiger partial charge is 0.319 e. The van der Waals surface area contributed by atoms with E-state index in [9.17, 15) is 9.59 Å². The minimum Gasteiger partial charge on any atom is -0.484 e. The van der Waals surface area contributed by atoms with Gasteiger partial charge in [-0.25, -0.2) is 4.79 Å². The van der Waals surface area contributed by atoms with E-state index in [0.29, 0.717) is 21.5 Å². The average molecular weight is 382 g/mol. The molecule has 0 saturated heterocycles. The van der Waals surface area contributed by atoms with Crippen molar-refractivity contribution in [2.75, 3.05) is 11.9 Å². The summed E-state index contributed by atoms with van der Waals surface area (Å²) in [5, 5.41) is 6.50. The van der Waals surface area contributed by atoms with Crippen molar-refractivity contribution in [2.24, 2.45) is 5.73 Å². The number of hydrogen-bond donors (Lipinski definition) is 3. The van der Waals surface area contributed by atoms with Crippen molar-refractivity contribution < 1.29 is 14.3 Å². The number of hydrogen-bond acceptors (Lipinski definition) is 3. The Morgan fingerprint density at radius 3 is 2.44 bits per heavy atom. The van der Waals surface area contributed by atoms with E-state index in [0.717, 1.165) is 5.56 Å². The molecule has 2 aromatic rings. The van der Waals surface area contributed by atoms with Crippen molar-refractivity contribution in [2.45, 2.75) is 13.0 Å². The maximum atomic E-state index is 12.1. The largest absolute Gasteiger partial charge is 0.484 e. The molecule has 0 radical (unpaired) electrons. The van der Waals surface area contributed by atoms with Crippen molar-refractivity contribution in [1.82, 2.24) is 5.32 Å². The van der Waals surface area contributed by atoms with Crippen LogP contribution in [0.25, 0.3) is 0 Å². The monoisotopic (exact) mass is 381 g/mol. The molecule has 132 valence electrons. The van der Waals surface area contributed by atoms with E-state index in [1.54, 1.807) is 42.5 Å².